The maximum absolute atomic E-state index is 5.63. The Morgan fingerprint density at radius 2 is 1.84 bits per heavy atom. The summed E-state index contributed by atoms with van der Waals surface area (Å²) in [5.41, 5.74) is 6.65. The summed E-state index contributed by atoms with van der Waals surface area (Å²) in [6, 6.07) is 4.47. The van der Waals surface area contributed by atoms with Gasteiger partial charge in [-0.1, -0.05) is 20.8 Å². The fourth-order valence-electron chi connectivity index (χ4n) is 4.42. The van der Waals surface area contributed by atoms with Crippen molar-refractivity contribution < 1.29 is 9.47 Å². The molecular formula is C25H35N5O2. The third-order valence-corrected chi connectivity index (χ3v) is 6.36. The van der Waals surface area contributed by atoms with Crippen LogP contribution < -0.4 is 4.74 Å². The van der Waals surface area contributed by atoms with Crippen LogP contribution in [0.2, 0.25) is 0 Å². The molecule has 3 aromatic rings. The highest BCUT2D eigenvalue weighted by molar-refractivity contribution is 5.81. The first-order valence-corrected chi connectivity index (χ1v) is 11.6. The smallest absolute Gasteiger partial charge is 0.222 e. The van der Waals surface area contributed by atoms with Gasteiger partial charge in [0.1, 0.15) is 5.52 Å². The van der Waals surface area contributed by atoms with Crippen LogP contribution in [0.4, 0.5) is 0 Å². The zero-order valence-electron chi connectivity index (χ0n) is 20.2. The summed E-state index contributed by atoms with van der Waals surface area (Å²) in [7, 11) is 1.66. The van der Waals surface area contributed by atoms with Crippen molar-refractivity contribution in [3.05, 3.63) is 35.3 Å². The van der Waals surface area contributed by atoms with E-state index in [0.717, 1.165) is 78.6 Å². The highest BCUT2D eigenvalue weighted by Crippen LogP contribution is 2.33. The third-order valence-electron chi connectivity index (χ3n) is 6.36. The molecule has 0 N–H and O–H groups in total. The molecule has 1 atom stereocenters. The molecule has 0 aliphatic carbocycles. The first kappa shape index (κ1) is 22.7. The Bertz CT molecular complexity index is 1090. The number of rotatable bonds is 7. The van der Waals surface area contributed by atoms with E-state index in [1.807, 2.05) is 6.92 Å². The first-order valence-electron chi connectivity index (χ1n) is 11.6. The van der Waals surface area contributed by atoms with Gasteiger partial charge in [0.15, 0.2) is 5.65 Å². The second-order valence-electron chi connectivity index (χ2n) is 8.97. The molecule has 1 saturated heterocycles. The number of hydrogen-bond donors (Lipinski definition) is 0. The molecule has 1 aliphatic rings. The molecule has 0 radical (unpaired) electrons. The zero-order chi connectivity index (χ0) is 22.8. The summed E-state index contributed by atoms with van der Waals surface area (Å²) in [4.78, 5) is 17.3. The van der Waals surface area contributed by atoms with Crippen LogP contribution in [-0.2, 0) is 4.74 Å². The van der Waals surface area contributed by atoms with Crippen molar-refractivity contribution in [1.82, 2.24) is 24.4 Å². The highest BCUT2D eigenvalue weighted by atomic mass is 16.5. The summed E-state index contributed by atoms with van der Waals surface area (Å²) in [5.74, 6) is 0.935. The largest absolute Gasteiger partial charge is 0.480 e. The van der Waals surface area contributed by atoms with E-state index < -0.39 is 0 Å². The van der Waals surface area contributed by atoms with E-state index in [0.29, 0.717) is 17.8 Å². The normalized spacial score (nSPS) is 16.1. The lowest BCUT2D eigenvalue weighted by Gasteiger charge is -2.31. The van der Waals surface area contributed by atoms with Crippen LogP contribution in [0.15, 0.2) is 18.3 Å². The van der Waals surface area contributed by atoms with Crippen molar-refractivity contribution in [2.24, 2.45) is 0 Å². The number of fused-ring (bicyclic) bond motifs is 1. The summed E-state index contributed by atoms with van der Waals surface area (Å²) >= 11 is 0. The molecule has 7 nitrogen and oxygen atoms in total. The van der Waals surface area contributed by atoms with Crippen LogP contribution in [0.25, 0.3) is 22.4 Å². The lowest BCUT2D eigenvalue weighted by atomic mass is 10.1. The molecule has 4 heterocycles. The van der Waals surface area contributed by atoms with Gasteiger partial charge < -0.3 is 14.0 Å². The Kier molecular flexibility index (Phi) is 6.76. The van der Waals surface area contributed by atoms with Crippen LogP contribution in [0.3, 0.4) is 0 Å². The van der Waals surface area contributed by atoms with Gasteiger partial charge in [-0.05, 0) is 43.9 Å². The van der Waals surface area contributed by atoms with Gasteiger partial charge in [0.05, 0.1) is 37.3 Å². The summed E-state index contributed by atoms with van der Waals surface area (Å²) < 4.78 is 13.5. The Morgan fingerprint density at radius 1 is 1.09 bits per heavy atom. The van der Waals surface area contributed by atoms with Crippen molar-refractivity contribution >= 4 is 11.2 Å². The van der Waals surface area contributed by atoms with Gasteiger partial charge >= 0.3 is 0 Å². The van der Waals surface area contributed by atoms with Gasteiger partial charge in [-0.25, -0.2) is 15.0 Å². The number of ether oxygens (including phenoxy) is 2. The van der Waals surface area contributed by atoms with Crippen molar-refractivity contribution in [3.63, 3.8) is 0 Å². The van der Waals surface area contributed by atoms with Crippen molar-refractivity contribution in [2.45, 2.75) is 53.0 Å². The quantitative estimate of drug-likeness (QED) is 0.541. The Morgan fingerprint density at radius 3 is 2.50 bits per heavy atom. The Hall–Kier alpha value is -2.51. The second-order valence-corrected chi connectivity index (χ2v) is 8.97. The second kappa shape index (κ2) is 9.55. The molecule has 1 aliphatic heterocycles. The lowest BCUT2D eigenvalue weighted by Crippen LogP contribution is -2.39. The van der Waals surface area contributed by atoms with Gasteiger partial charge in [-0.2, -0.15) is 0 Å². The van der Waals surface area contributed by atoms with Crippen LogP contribution in [0.5, 0.6) is 5.88 Å². The van der Waals surface area contributed by atoms with E-state index in [-0.39, 0.29) is 0 Å². The van der Waals surface area contributed by atoms with E-state index in [1.165, 1.54) is 0 Å². The maximum Gasteiger partial charge on any atom is 0.222 e. The van der Waals surface area contributed by atoms with E-state index in [1.54, 1.807) is 7.11 Å². The molecule has 3 aromatic heterocycles. The summed E-state index contributed by atoms with van der Waals surface area (Å²) in [6.07, 6.45) is 3.25. The molecule has 172 valence electrons. The van der Waals surface area contributed by atoms with Gasteiger partial charge in [0, 0.05) is 37.6 Å². The molecule has 0 bridgehead atoms. The molecule has 4 rings (SSSR count). The van der Waals surface area contributed by atoms with Gasteiger partial charge in [0.2, 0.25) is 5.88 Å². The molecule has 0 unspecified atom stereocenters. The van der Waals surface area contributed by atoms with E-state index in [9.17, 15) is 0 Å². The van der Waals surface area contributed by atoms with Gasteiger partial charge in [-0.15, -0.1) is 0 Å². The summed E-state index contributed by atoms with van der Waals surface area (Å²) in [5, 5.41) is 0. The van der Waals surface area contributed by atoms with Crippen molar-refractivity contribution in [3.8, 4) is 17.1 Å². The molecule has 32 heavy (non-hydrogen) atoms. The van der Waals surface area contributed by atoms with Crippen LogP contribution >= 0.6 is 0 Å². The highest BCUT2D eigenvalue weighted by Gasteiger charge is 2.22. The molecule has 7 heteroatoms. The minimum Gasteiger partial charge on any atom is -0.480 e. The standard InChI is InChI=1S/C25H35N5O2/c1-7-19(15-29-10-12-32-13-11-29)30-14-17(4)22-24(30)26-18(5)23(28-22)20-8-9-21(16(2)3)27-25(20)31-6/h8-9,14,16,19H,7,10-13,15H2,1-6H3/t19-/m1/s1. The predicted octanol–water partition coefficient (Wildman–Crippen LogP) is 4.53. The maximum atomic E-state index is 5.63. The lowest BCUT2D eigenvalue weighted by molar-refractivity contribution is 0.0314. The summed E-state index contributed by atoms with van der Waals surface area (Å²) in [6.45, 7) is 15.3. The van der Waals surface area contributed by atoms with E-state index >= 15 is 0 Å². The molecule has 1 fully saturated rings. The fraction of sp³-hybridized carbons (Fsp3) is 0.560. The number of aromatic nitrogens is 4. The molecule has 0 amide bonds. The predicted molar refractivity (Wildman–Crippen MR) is 127 cm³/mol. The Balaban J connectivity index is 1.74. The average Bonchev–Trinajstić information content (AvgIpc) is 3.12. The van der Waals surface area contributed by atoms with E-state index in [4.69, 9.17) is 24.4 Å². The van der Waals surface area contributed by atoms with Crippen LogP contribution in [-0.4, -0.2) is 64.4 Å². The minimum atomic E-state index is 0.335. The first-order chi connectivity index (χ1) is 15.4. The number of aryl methyl sites for hydroxylation is 2. The Labute approximate surface area is 190 Å². The zero-order valence-corrected chi connectivity index (χ0v) is 20.2. The van der Waals surface area contributed by atoms with Crippen LogP contribution in [0, 0.1) is 13.8 Å². The minimum absolute atomic E-state index is 0.335. The van der Waals surface area contributed by atoms with Crippen LogP contribution in [0.1, 0.15) is 56.1 Å². The van der Waals surface area contributed by atoms with Gasteiger partial charge in [-0.3, -0.25) is 4.90 Å². The van der Waals surface area contributed by atoms with Crippen molar-refractivity contribution in [1.29, 1.82) is 0 Å². The fourth-order valence-corrected chi connectivity index (χ4v) is 4.42. The van der Waals surface area contributed by atoms with Gasteiger partial charge in [0.25, 0.3) is 0 Å². The van der Waals surface area contributed by atoms with E-state index in [2.05, 4.69) is 55.5 Å². The number of pyridine rings is 1. The average molecular weight is 438 g/mol. The number of methoxy groups -OCH3 is 1. The molecular weight excluding hydrogens is 402 g/mol. The third kappa shape index (κ3) is 4.36. The topological polar surface area (TPSA) is 65.3 Å². The number of nitrogens with zero attached hydrogens (tertiary/aromatic N) is 5. The number of morpholine rings is 1. The molecule has 0 aromatic carbocycles. The molecule has 0 spiro atoms. The molecule has 0 saturated carbocycles. The SMILES string of the molecule is CC[C@H](CN1CCOCC1)n1cc(C)c2nc(-c3ccc(C(C)C)nc3OC)c(C)nc21. The van der Waals surface area contributed by atoms with Crippen molar-refractivity contribution in [2.75, 3.05) is 40.0 Å². The number of hydrogen-bond acceptors (Lipinski definition) is 6. The monoisotopic (exact) mass is 437 g/mol.